The highest BCUT2D eigenvalue weighted by Gasteiger charge is 2.10. The Balaban J connectivity index is 2.39. The minimum Gasteiger partial charge on any atom is -0.455 e. The Bertz CT molecular complexity index is 572. The fourth-order valence-electron chi connectivity index (χ4n) is 1.42. The normalized spacial score (nSPS) is 10.4. The van der Waals surface area contributed by atoms with Gasteiger partial charge in [0.05, 0.1) is 5.02 Å². The maximum atomic E-state index is 6.08. The number of alkyl halides is 1. The lowest BCUT2D eigenvalue weighted by Gasteiger charge is -2.11. The molecule has 0 saturated heterocycles. The lowest BCUT2D eigenvalue weighted by molar-refractivity contribution is 0.479. The van der Waals surface area contributed by atoms with Crippen LogP contribution in [0.2, 0.25) is 15.1 Å². The largest absolute Gasteiger partial charge is 0.455 e. The maximum Gasteiger partial charge on any atom is 0.147 e. The summed E-state index contributed by atoms with van der Waals surface area (Å²) in [6, 6.07) is 10.7. The molecule has 0 aromatic heterocycles. The van der Waals surface area contributed by atoms with Crippen LogP contribution in [0.5, 0.6) is 11.5 Å². The third-order valence-corrected chi connectivity index (χ3v) is 3.95. The fraction of sp³-hybridized carbons (Fsp3) is 0.0769. The molecule has 0 saturated carbocycles. The van der Waals surface area contributed by atoms with E-state index in [1.807, 2.05) is 12.1 Å². The van der Waals surface area contributed by atoms with Crippen molar-refractivity contribution >= 4 is 50.7 Å². The molecule has 0 spiro atoms. The number of rotatable bonds is 3. The van der Waals surface area contributed by atoms with Crippen molar-refractivity contribution in [3.05, 3.63) is 57.0 Å². The first kappa shape index (κ1) is 14.0. The Morgan fingerprint density at radius 3 is 2.50 bits per heavy atom. The van der Waals surface area contributed by atoms with Crippen molar-refractivity contribution in [3.8, 4) is 11.5 Å². The maximum absolute atomic E-state index is 6.08. The van der Waals surface area contributed by atoms with Crippen LogP contribution in [-0.4, -0.2) is 0 Å². The second-order valence-electron chi connectivity index (χ2n) is 3.54. The number of ether oxygens (including phenoxy) is 1. The van der Waals surface area contributed by atoms with Crippen LogP contribution in [0.4, 0.5) is 0 Å². The molecule has 5 heteroatoms. The van der Waals surface area contributed by atoms with Crippen molar-refractivity contribution in [1.82, 2.24) is 0 Å². The predicted octanol–water partition coefficient (Wildman–Crippen LogP) is 6.33. The number of hydrogen-bond donors (Lipinski definition) is 0. The second-order valence-corrected chi connectivity index (χ2v) is 5.32. The lowest BCUT2D eigenvalue weighted by Crippen LogP contribution is -1.90. The second kappa shape index (κ2) is 6.16. The van der Waals surface area contributed by atoms with Crippen LogP contribution in [0.3, 0.4) is 0 Å². The van der Waals surface area contributed by atoms with Crippen LogP contribution in [0.15, 0.2) is 36.4 Å². The van der Waals surface area contributed by atoms with E-state index in [2.05, 4.69) is 15.9 Å². The van der Waals surface area contributed by atoms with Crippen molar-refractivity contribution in [2.75, 3.05) is 0 Å². The first-order valence-electron chi connectivity index (χ1n) is 5.08. The highest BCUT2D eigenvalue weighted by molar-refractivity contribution is 9.08. The molecule has 0 N–H and O–H groups in total. The molecule has 18 heavy (non-hydrogen) atoms. The third-order valence-electron chi connectivity index (χ3n) is 2.31. The highest BCUT2D eigenvalue weighted by atomic mass is 79.9. The zero-order valence-electron chi connectivity index (χ0n) is 9.09. The molecule has 2 aromatic rings. The van der Waals surface area contributed by atoms with Crippen LogP contribution in [0.25, 0.3) is 0 Å². The molecule has 1 nitrogen and oxygen atoms in total. The molecule has 0 fully saturated rings. The summed E-state index contributed by atoms with van der Waals surface area (Å²) in [5, 5.41) is 2.11. The lowest BCUT2D eigenvalue weighted by atomic mass is 10.2. The van der Waals surface area contributed by atoms with E-state index in [4.69, 9.17) is 39.5 Å². The molecule has 0 atom stereocenters. The van der Waals surface area contributed by atoms with Crippen molar-refractivity contribution < 1.29 is 4.74 Å². The van der Waals surface area contributed by atoms with E-state index in [-0.39, 0.29) is 0 Å². The van der Waals surface area contributed by atoms with Crippen LogP contribution in [0.1, 0.15) is 5.56 Å². The Morgan fingerprint density at radius 2 is 1.78 bits per heavy atom. The Kier molecular flexibility index (Phi) is 4.79. The Labute approximate surface area is 129 Å². The molecule has 0 bridgehead atoms. The van der Waals surface area contributed by atoms with Gasteiger partial charge in [-0.05, 0) is 24.3 Å². The molecule has 0 heterocycles. The van der Waals surface area contributed by atoms with Gasteiger partial charge in [0.2, 0.25) is 0 Å². The summed E-state index contributed by atoms with van der Waals surface area (Å²) in [6.07, 6.45) is 0. The molecular formula is C13H8BrCl3O. The first-order chi connectivity index (χ1) is 8.61. The summed E-state index contributed by atoms with van der Waals surface area (Å²) >= 11 is 21.4. The van der Waals surface area contributed by atoms with Crippen molar-refractivity contribution in [1.29, 1.82) is 0 Å². The van der Waals surface area contributed by atoms with E-state index >= 15 is 0 Å². The fourth-order valence-corrected chi connectivity index (χ4v) is 2.37. The number of benzene rings is 2. The van der Waals surface area contributed by atoms with Gasteiger partial charge < -0.3 is 4.74 Å². The number of halogens is 4. The SMILES string of the molecule is Clc1ccc(CBr)c(Oc2cccc(Cl)c2Cl)c1. The average Bonchev–Trinajstić information content (AvgIpc) is 2.35. The van der Waals surface area contributed by atoms with E-state index < -0.39 is 0 Å². The average molecular weight is 366 g/mol. The third kappa shape index (κ3) is 3.12. The molecule has 0 aliphatic heterocycles. The quantitative estimate of drug-likeness (QED) is 0.576. The van der Waals surface area contributed by atoms with Gasteiger partial charge in [-0.15, -0.1) is 0 Å². The zero-order valence-corrected chi connectivity index (χ0v) is 12.9. The van der Waals surface area contributed by atoms with E-state index in [1.165, 1.54) is 0 Å². The minimum atomic E-state index is 0.389. The molecule has 2 aromatic carbocycles. The highest BCUT2D eigenvalue weighted by Crippen LogP contribution is 2.36. The Hall–Kier alpha value is -0.410. The van der Waals surface area contributed by atoms with Crippen molar-refractivity contribution in [2.45, 2.75) is 5.33 Å². The van der Waals surface area contributed by atoms with Gasteiger partial charge in [0, 0.05) is 15.9 Å². The molecule has 0 aliphatic rings. The molecular weight excluding hydrogens is 358 g/mol. The Morgan fingerprint density at radius 1 is 1.00 bits per heavy atom. The number of hydrogen-bond acceptors (Lipinski definition) is 1. The van der Waals surface area contributed by atoms with Crippen LogP contribution >= 0.6 is 50.7 Å². The topological polar surface area (TPSA) is 9.23 Å². The van der Waals surface area contributed by atoms with Gasteiger partial charge >= 0.3 is 0 Å². The van der Waals surface area contributed by atoms with E-state index in [1.54, 1.807) is 24.3 Å². The molecule has 0 unspecified atom stereocenters. The van der Waals surface area contributed by atoms with Gasteiger partial charge in [-0.3, -0.25) is 0 Å². The zero-order chi connectivity index (χ0) is 13.1. The van der Waals surface area contributed by atoms with E-state index in [0.717, 1.165) is 5.56 Å². The van der Waals surface area contributed by atoms with Crippen LogP contribution in [0, 0.1) is 0 Å². The van der Waals surface area contributed by atoms with E-state index in [9.17, 15) is 0 Å². The predicted molar refractivity (Wildman–Crippen MR) is 80.6 cm³/mol. The van der Waals surface area contributed by atoms with Crippen molar-refractivity contribution in [3.63, 3.8) is 0 Å². The summed E-state index contributed by atoms with van der Waals surface area (Å²) in [5.74, 6) is 1.16. The summed E-state index contributed by atoms with van der Waals surface area (Å²) in [6.45, 7) is 0. The summed E-state index contributed by atoms with van der Waals surface area (Å²) in [5.41, 5.74) is 0.982. The van der Waals surface area contributed by atoms with Crippen LogP contribution in [-0.2, 0) is 5.33 Å². The van der Waals surface area contributed by atoms with Gasteiger partial charge in [-0.1, -0.05) is 62.9 Å². The molecule has 0 radical (unpaired) electrons. The molecule has 2 rings (SSSR count). The van der Waals surface area contributed by atoms with Crippen LogP contribution < -0.4 is 4.74 Å². The van der Waals surface area contributed by atoms with Gasteiger partial charge in [0.1, 0.15) is 16.5 Å². The van der Waals surface area contributed by atoms with Gasteiger partial charge in [0.25, 0.3) is 0 Å². The molecule has 0 amide bonds. The van der Waals surface area contributed by atoms with Crippen molar-refractivity contribution in [2.24, 2.45) is 0 Å². The molecule has 0 aliphatic carbocycles. The summed E-state index contributed by atoms with van der Waals surface area (Å²) in [7, 11) is 0. The summed E-state index contributed by atoms with van der Waals surface area (Å²) in [4.78, 5) is 0. The molecule has 94 valence electrons. The smallest absolute Gasteiger partial charge is 0.147 e. The monoisotopic (exact) mass is 364 g/mol. The first-order valence-corrected chi connectivity index (χ1v) is 7.33. The standard InChI is InChI=1S/C13H8BrCl3O/c14-7-8-4-5-9(15)6-12(8)18-11-3-1-2-10(16)13(11)17/h1-6H,7H2. The minimum absolute atomic E-state index is 0.389. The van der Waals surface area contributed by atoms with Gasteiger partial charge in [-0.25, -0.2) is 0 Å². The summed E-state index contributed by atoms with van der Waals surface area (Å²) < 4.78 is 5.76. The van der Waals surface area contributed by atoms with Gasteiger partial charge in [-0.2, -0.15) is 0 Å². The van der Waals surface area contributed by atoms with E-state index in [0.29, 0.717) is 31.9 Å². The van der Waals surface area contributed by atoms with Gasteiger partial charge in [0.15, 0.2) is 0 Å².